The zero-order chi connectivity index (χ0) is 28.8. The molecule has 9 heteroatoms. The second-order valence-corrected chi connectivity index (χ2v) is 11.6. The molecule has 0 saturated carbocycles. The van der Waals surface area contributed by atoms with Gasteiger partial charge in [0.1, 0.15) is 6.04 Å². The standard InChI is InChI=1S/C32H28Cl2N2O5/c1-2-3-12-24(32(40)41-16-25(37)35-17-13-14-22(33)23(34)15-17)36-30(38)28-26-18-8-4-5-9-19(18)27(29(28)31(36)39)21-11-7-6-10-20(21)26/h4-11,13-15,24,26-29H,2-3,12,16H2,1H3,(H,35,37)/t24-,26?,27?,28-,29+/m1/s1. The molecule has 0 aromatic heterocycles. The van der Waals surface area contributed by atoms with Gasteiger partial charge in [-0.2, -0.15) is 0 Å². The Bertz CT molecular complexity index is 1460. The number of carbonyl (C=O) groups excluding carboxylic acids is 4. The normalized spacial score (nSPS) is 22.6. The first-order valence-electron chi connectivity index (χ1n) is 13.8. The summed E-state index contributed by atoms with van der Waals surface area (Å²) in [6, 6.07) is 19.5. The Morgan fingerprint density at radius 3 is 1.88 bits per heavy atom. The molecule has 7 rings (SSSR count). The molecular formula is C32H28Cl2N2O5. The third-order valence-corrected chi connectivity index (χ3v) is 9.19. The van der Waals surface area contributed by atoms with E-state index in [2.05, 4.69) is 5.32 Å². The van der Waals surface area contributed by atoms with Gasteiger partial charge in [-0.3, -0.25) is 19.3 Å². The van der Waals surface area contributed by atoms with Crippen molar-refractivity contribution in [3.63, 3.8) is 0 Å². The summed E-state index contributed by atoms with van der Waals surface area (Å²) in [5, 5.41) is 3.22. The lowest BCUT2D eigenvalue weighted by atomic mass is 9.55. The molecule has 3 aliphatic carbocycles. The molecule has 210 valence electrons. The number of carbonyl (C=O) groups is 4. The first-order chi connectivity index (χ1) is 19.8. The highest BCUT2D eigenvalue weighted by molar-refractivity contribution is 6.42. The Morgan fingerprint density at radius 2 is 1.39 bits per heavy atom. The second-order valence-electron chi connectivity index (χ2n) is 10.8. The summed E-state index contributed by atoms with van der Waals surface area (Å²) in [4.78, 5) is 55.3. The number of nitrogens with zero attached hydrogens (tertiary/aromatic N) is 1. The topological polar surface area (TPSA) is 92.8 Å². The first-order valence-corrected chi connectivity index (χ1v) is 14.5. The average molecular weight is 591 g/mol. The molecule has 41 heavy (non-hydrogen) atoms. The van der Waals surface area contributed by atoms with Crippen LogP contribution in [0.3, 0.4) is 0 Å². The van der Waals surface area contributed by atoms with Crippen molar-refractivity contribution in [1.29, 1.82) is 0 Å². The van der Waals surface area contributed by atoms with Crippen molar-refractivity contribution in [2.24, 2.45) is 11.8 Å². The van der Waals surface area contributed by atoms with Crippen LogP contribution in [0.5, 0.6) is 0 Å². The van der Waals surface area contributed by atoms with Crippen LogP contribution in [0.15, 0.2) is 66.7 Å². The number of nitrogens with one attached hydrogen (secondary N) is 1. The van der Waals surface area contributed by atoms with Gasteiger partial charge in [0.05, 0.1) is 21.9 Å². The van der Waals surface area contributed by atoms with Crippen molar-refractivity contribution in [3.8, 4) is 0 Å². The molecule has 1 fully saturated rings. The number of unbranched alkanes of at least 4 members (excludes halogenated alkanes) is 1. The van der Waals surface area contributed by atoms with Gasteiger partial charge in [0.15, 0.2) is 6.61 Å². The zero-order valence-corrected chi connectivity index (χ0v) is 23.8. The van der Waals surface area contributed by atoms with Gasteiger partial charge >= 0.3 is 5.97 Å². The monoisotopic (exact) mass is 590 g/mol. The molecule has 3 aromatic carbocycles. The molecule has 2 bridgehead atoms. The summed E-state index contributed by atoms with van der Waals surface area (Å²) in [6.07, 6.45) is 1.62. The summed E-state index contributed by atoms with van der Waals surface area (Å²) in [6.45, 7) is 1.39. The summed E-state index contributed by atoms with van der Waals surface area (Å²) in [5.41, 5.74) is 4.64. The maximum atomic E-state index is 14.1. The molecule has 3 amide bonds. The highest BCUT2D eigenvalue weighted by atomic mass is 35.5. The van der Waals surface area contributed by atoms with Gasteiger partial charge < -0.3 is 10.1 Å². The fourth-order valence-electron chi connectivity index (χ4n) is 6.76. The third-order valence-electron chi connectivity index (χ3n) is 8.45. The Morgan fingerprint density at radius 1 is 0.854 bits per heavy atom. The lowest BCUT2D eigenvalue weighted by Gasteiger charge is -2.45. The minimum Gasteiger partial charge on any atom is -0.454 e. The Kier molecular flexibility index (Phi) is 7.34. The number of amides is 3. The molecule has 7 nitrogen and oxygen atoms in total. The number of rotatable bonds is 8. The zero-order valence-electron chi connectivity index (χ0n) is 22.3. The first kappa shape index (κ1) is 27.5. The van der Waals surface area contributed by atoms with Crippen LogP contribution in [-0.2, 0) is 23.9 Å². The Labute approximate surface area is 247 Å². The van der Waals surface area contributed by atoms with Gasteiger partial charge in [-0.05, 0) is 46.9 Å². The van der Waals surface area contributed by atoms with E-state index in [1.807, 2.05) is 55.5 Å². The lowest BCUT2D eigenvalue weighted by Crippen LogP contribution is -2.47. The quantitative estimate of drug-likeness (QED) is 0.259. The summed E-state index contributed by atoms with van der Waals surface area (Å²) < 4.78 is 5.39. The number of hydrogen-bond donors (Lipinski definition) is 1. The number of likely N-dealkylation sites (tertiary alicyclic amines) is 1. The number of benzene rings is 3. The van der Waals surface area contributed by atoms with E-state index < -0.39 is 36.4 Å². The molecule has 3 aromatic rings. The molecule has 1 saturated heterocycles. The van der Waals surface area contributed by atoms with E-state index in [-0.39, 0.29) is 35.1 Å². The van der Waals surface area contributed by atoms with E-state index in [0.29, 0.717) is 17.1 Å². The molecular weight excluding hydrogens is 563 g/mol. The summed E-state index contributed by atoms with van der Waals surface area (Å²) in [5.74, 6) is -3.76. The van der Waals surface area contributed by atoms with Crippen LogP contribution in [0, 0.1) is 11.8 Å². The van der Waals surface area contributed by atoms with Crippen molar-refractivity contribution >= 4 is 52.6 Å². The van der Waals surface area contributed by atoms with Crippen LogP contribution in [0.4, 0.5) is 5.69 Å². The van der Waals surface area contributed by atoms with Crippen LogP contribution >= 0.6 is 23.2 Å². The van der Waals surface area contributed by atoms with Gasteiger partial charge in [0, 0.05) is 17.5 Å². The number of imide groups is 1. The van der Waals surface area contributed by atoms with E-state index in [1.165, 1.54) is 6.07 Å². The van der Waals surface area contributed by atoms with E-state index in [9.17, 15) is 19.2 Å². The number of anilines is 1. The van der Waals surface area contributed by atoms with Crippen molar-refractivity contribution < 1.29 is 23.9 Å². The van der Waals surface area contributed by atoms with Crippen LogP contribution in [0.25, 0.3) is 0 Å². The summed E-state index contributed by atoms with van der Waals surface area (Å²) >= 11 is 11.9. The molecule has 0 radical (unpaired) electrons. The predicted octanol–water partition coefficient (Wildman–Crippen LogP) is 5.93. The van der Waals surface area contributed by atoms with Crippen molar-refractivity contribution in [3.05, 3.63) is 99.0 Å². The molecule has 1 aliphatic heterocycles. The van der Waals surface area contributed by atoms with Crippen molar-refractivity contribution in [2.45, 2.75) is 44.1 Å². The van der Waals surface area contributed by atoms with Crippen LogP contribution < -0.4 is 5.32 Å². The van der Waals surface area contributed by atoms with Gasteiger partial charge in [-0.15, -0.1) is 0 Å². The molecule has 0 spiro atoms. The van der Waals surface area contributed by atoms with Gasteiger partial charge in [-0.25, -0.2) is 4.79 Å². The predicted molar refractivity (Wildman–Crippen MR) is 155 cm³/mol. The fraction of sp³-hybridized carbons (Fsp3) is 0.312. The minimum absolute atomic E-state index is 0.260. The number of esters is 1. The smallest absolute Gasteiger partial charge is 0.329 e. The average Bonchev–Trinajstić information content (AvgIpc) is 3.24. The van der Waals surface area contributed by atoms with Gasteiger partial charge in [0.25, 0.3) is 5.91 Å². The van der Waals surface area contributed by atoms with E-state index in [1.54, 1.807) is 12.1 Å². The molecule has 1 heterocycles. The largest absolute Gasteiger partial charge is 0.454 e. The molecule has 3 atom stereocenters. The van der Waals surface area contributed by atoms with Crippen molar-refractivity contribution in [1.82, 2.24) is 4.90 Å². The number of hydrogen-bond acceptors (Lipinski definition) is 5. The van der Waals surface area contributed by atoms with E-state index in [0.717, 1.165) is 33.6 Å². The van der Waals surface area contributed by atoms with Crippen LogP contribution in [-0.4, -0.2) is 41.2 Å². The Balaban J connectivity index is 1.25. The second kappa shape index (κ2) is 11.0. The lowest BCUT2D eigenvalue weighted by molar-refractivity contribution is -0.160. The molecule has 0 unspecified atom stereocenters. The highest BCUT2D eigenvalue weighted by Gasteiger charge is 2.63. The van der Waals surface area contributed by atoms with Gasteiger partial charge in [0.2, 0.25) is 11.8 Å². The van der Waals surface area contributed by atoms with Crippen molar-refractivity contribution in [2.75, 3.05) is 11.9 Å². The molecule has 1 N–H and O–H groups in total. The Hall–Kier alpha value is -3.68. The van der Waals surface area contributed by atoms with Crippen LogP contribution in [0.1, 0.15) is 60.3 Å². The fourth-order valence-corrected chi connectivity index (χ4v) is 7.06. The van der Waals surface area contributed by atoms with Crippen LogP contribution in [0.2, 0.25) is 10.0 Å². The maximum absolute atomic E-state index is 14.1. The van der Waals surface area contributed by atoms with Gasteiger partial charge in [-0.1, -0.05) is 91.5 Å². The SMILES string of the molecule is CCCC[C@H](C(=O)OCC(=O)Nc1ccc(Cl)c(Cl)c1)N1C(=O)[C@@H]2C3c4ccccc4C(c4ccccc43)[C@@H]2C1=O. The summed E-state index contributed by atoms with van der Waals surface area (Å²) in [7, 11) is 0. The molecule has 4 aliphatic rings. The number of halogens is 2. The maximum Gasteiger partial charge on any atom is 0.329 e. The highest BCUT2D eigenvalue weighted by Crippen LogP contribution is 2.61. The third kappa shape index (κ3) is 4.61. The van der Waals surface area contributed by atoms with E-state index in [4.69, 9.17) is 27.9 Å². The minimum atomic E-state index is -1.11. The van der Waals surface area contributed by atoms with E-state index >= 15 is 0 Å². The number of ether oxygens (including phenoxy) is 1.